The Balaban J connectivity index is 3.32. The lowest BCUT2D eigenvalue weighted by Crippen LogP contribution is -2.49. The van der Waals surface area contributed by atoms with E-state index < -0.39 is 31.3 Å². The second kappa shape index (κ2) is 2.53. The third-order valence-electron chi connectivity index (χ3n) is 1.83. The minimum Gasteiger partial charge on any atom is -0.257 e. The van der Waals surface area contributed by atoms with Crippen LogP contribution < -0.4 is 5.32 Å². The molecule has 0 aromatic heterocycles. The van der Waals surface area contributed by atoms with Gasteiger partial charge in [-0.25, -0.2) is 0 Å². The van der Waals surface area contributed by atoms with Gasteiger partial charge in [-0.3, -0.25) is 40.5 Å². The Kier molecular flexibility index (Phi) is 1.80. The van der Waals surface area contributed by atoms with Crippen LogP contribution in [-0.2, 0) is 0 Å². The number of rotatable bonds is 4. The van der Waals surface area contributed by atoms with Crippen molar-refractivity contribution in [2.45, 2.75) is 11.6 Å². The molecule has 0 aromatic rings. The van der Waals surface area contributed by atoms with Crippen molar-refractivity contribution in [1.82, 2.24) is 5.32 Å². The highest BCUT2D eigenvalue weighted by atomic mass is 16.7. The molecule has 82 valence electrons. The normalized spacial score (nSPS) is 20.3. The van der Waals surface area contributed by atoms with Crippen LogP contribution in [0.15, 0.2) is 0 Å². The molecular formula is C2HN5O8. The van der Waals surface area contributed by atoms with Gasteiger partial charge in [0.2, 0.25) is 0 Å². The smallest absolute Gasteiger partial charge is 0.257 e. The number of nitrogens with one attached hydrogen (secondary N) is 1. The lowest BCUT2D eigenvalue weighted by molar-refractivity contribution is -0.864. The Bertz CT molecular complexity index is 322. The van der Waals surface area contributed by atoms with E-state index in [2.05, 4.69) is 0 Å². The summed E-state index contributed by atoms with van der Waals surface area (Å²) in [6, 6.07) is 0. The van der Waals surface area contributed by atoms with Crippen molar-refractivity contribution < 1.29 is 19.7 Å². The van der Waals surface area contributed by atoms with Crippen LogP contribution in [0, 0.1) is 40.5 Å². The quantitative estimate of drug-likeness (QED) is 0.242. The summed E-state index contributed by atoms with van der Waals surface area (Å²) in [5, 5.41) is 42.1. The molecule has 15 heavy (non-hydrogen) atoms. The van der Waals surface area contributed by atoms with Gasteiger partial charge in [-0.05, 0) is 5.32 Å². The van der Waals surface area contributed by atoms with Crippen LogP contribution in [0.2, 0.25) is 0 Å². The number of hydrogen-bond donors (Lipinski definition) is 1. The van der Waals surface area contributed by atoms with Crippen molar-refractivity contribution in [2.75, 3.05) is 0 Å². The maximum Gasteiger partial charge on any atom is 0.692 e. The molecule has 0 amide bonds. The Labute approximate surface area is 78.3 Å². The second-order valence-electron chi connectivity index (χ2n) is 2.50. The summed E-state index contributed by atoms with van der Waals surface area (Å²) in [7, 11) is 0. The van der Waals surface area contributed by atoms with E-state index in [4.69, 9.17) is 0 Å². The van der Waals surface area contributed by atoms with Gasteiger partial charge in [0.1, 0.15) is 19.7 Å². The molecular weight excluding hydrogens is 222 g/mol. The fourth-order valence-corrected chi connectivity index (χ4v) is 1.04. The minimum atomic E-state index is -3.60. The largest absolute Gasteiger partial charge is 0.692 e. The molecule has 0 bridgehead atoms. The molecule has 0 spiro atoms. The predicted molar refractivity (Wildman–Crippen MR) is 36.6 cm³/mol. The highest BCUT2D eigenvalue weighted by molar-refractivity contribution is 4.98. The van der Waals surface area contributed by atoms with Crippen molar-refractivity contribution in [3.63, 3.8) is 0 Å². The van der Waals surface area contributed by atoms with E-state index in [1.54, 1.807) is 0 Å². The van der Waals surface area contributed by atoms with E-state index in [0.29, 0.717) is 0 Å². The first-order valence-electron chi connectivity index (χ1n) is 3.11. The molecule has 0 radical (unpaired) electrons. The molecule has 13 nitrogen and oxygen atoms in total. The lowest BCUT2D eigenvalue weighted by atomic mass is 10.4. The first-order valence-corrected chi connectivity index (χ1v) is 3.11. The van der Waals surface area contributed by atoms with Gasteiger partial charge < -0.3 is 0 Å². The van der Waals surface area contributed by atoms with Gasteiger partial charge >= 0.3 is 11.6 Å². The van der Waals surface area contributed by atoms with Gasteiger partial charge in [0.25, 0.3) is 0 Å². The van der Waals surface area contributed by atoms with Crippen LogP contribution in [0.5, 0.6) is 0 Å². The Hall–Kier alpha value is -2.44. The number of nitrogens with zero attached hydrogens (tertiary/aromatic N) is 4. The van der Waals surface area contributed by atoms with Crippen molar-refractivity contribution in [3.05, 3.63) is 40.5 Å². The van der Waals surface area contributed by atoms with Crippen LogP contribution >= 0.6 is 0 Å². The maximum atomic E-state index is 10.2. The molecule has 1 heterocycles. The van der Waals surface area contributed by atoms with Crippen molar-refractivity contribution in [1.29, 1.82) is 0 Å². The lowest BCUT2D eigenvalue weighted by Gasteiger charge is -1.96. The fourth-order valence-electron chi connectivity index (χ4n) is 1.04. The Morgan fingerprint density at radius 2 is 0.867 bits per heavy atom. The zero-order valence-corrected chi connectivity index (χ0v) is 6.55. The molecule has 1 rings (SSSR count). The SMILES string of the molecule is O=[N+]([O-])C1([N+](=O)[O-])NC1([N+](=O)[O-])[N+](=O)[O-]. The van der Waals surface area contributed by atoms with Crippen LogP contribution in [0.4, 0.5) is 0 Å². The molecule has 0 aliphatic carbocycles. The molecule has 13 heteroatoms. The molecule has 0 unspecified atom stereocenters. The first-order chi connectivity index (χ1) is 6.73. The summed E-state index contributed by atoms with van der Waals surface area (Å²) in [4.78, 5) is 34.1. The van der Waals surface area contributed by atoms with Crippen LogP contribution in [0.25, 0.3) is 0 Å². The van der Waals surface area contributed by atoms with E-state index >= 15 is 0 Å². The zero-order chi connectivity index (χ0) is 12.0. The van der Waals surface area contributed by atoms with Crippen LogP contribution in [0.1, 0.15) is 0 Å². The summed E-state index contributed by atoms with van der Waals surface area (Å²) >= 11 is 0. The van der Waals surface area contributed by atoms with E-state index in [-0.39, 0.29) is 0 Å². The topological polar surface area (TPSA) is 194 Å². The minimum absolute atomic E-state index is 1.10. The molecule has 0 aromatic carbocycles. The van der Waals surface area contributed by atoms with Gasteiger partial charge in [-0.15, -0.1) is 0 Å². The fraction of sp³-hybridized carbons (Fsp3) is 1.00. The average molecular weight is 223 g/mol. The van der Waals surface area contributed by atoms with Crippen molar-refractivity contribution in [2.24, 2.45) is 0 Å². The molecule has 1 N–H and O–H groups in total. The van der Waals surface area contributed by atoms with Crippen molar-refractivity contribution in [3.8, 4) is 0 Å². The van der Waals surface area contributed by atoms with Gasteiger partial charge in [0.05, 0.1) is 0 Å². The van der Waals surface area contributed by atoms with E-state index in [1.165, 1.54) is 0 Å². The Morgan fingerprint density at radius 3 is 0.933 bits per heavy atom. The monoisotopic (exact) mass is 223 g/mol. The van der Waals surface area contributed by atoms with Crippen LogP contribution in [-0.4, -0.2) is 31.3 Å². The van der Waals surface area contributed by atoms with Crippen LogP contribution in [0.3, 0.4) is 0 Å². The first kappa shape index (κ1) is 10.6. The van der Waals surface area contributed by atoms with E-state index in [1.807, 2.05) is 0 Å². The van der Waals surface area contributed by atoms with E-state index in [9.17, 15) is 40.5 Å². The summed E-state index contributed by atoms with van der Waals surface area (Å²) < 4.78 is 0. The van der Waals surface area contributed by atoms with Gasteiger partial charge in [0.15, 0.2) is 0 Å². The summed E-state index contributed by atoms with van der Waals surface area (Å²) in [6.45, 7) is 0. The number of hydrogen-bond acceptors (Lipinski definition) is 9. The van der Waals surface area contributed by atoms with E-state index in [0.717, 1.165) is 5.32 Å². The van der Waals surface area contributed by atoms with Crippen molar-refractivity contribution >= 4 is 0 Å². The zero-order valence-electron chi connectivity index (χ0n) is 6.55. The maximum absolute atomic E-state index is 10.2. The molecule has 1 saturated heterocycles. The summed E-state index contributed by atoms with van der Waals surface area (Å²) in [5.74, 6) is -7.19. The molecule has 0 saturated carbocycles. The summed E-state index contributed by atoms with van der Waals surface area (Å²) in [6.07, 6.45) is 0. The van der Waals surface area contributed by atoms with Gasteiger partial charge in [0, 0.05) is 0 Å². The molecule has 1 fully saturated rings. The standard InChI is InChI=1S/C2HN5O8/c8-4(9)1(5(10)11)2(3-1,6(12)13)7(14)15/h3H. The van der Waals surface area contributed by atoms with Gasteiger partial charge in [-0.2, -0.15) is 0 Å². The highest BCUT2D eigenvalue weighted by Crippen LogP contribution is 2.40. The van der Waals surface area contributed by atoms with Gasteiger partial charge in [-0.1, -0.05) is 0 Å². The molecule has 1 aliphatic heterocycles. The third kappa shape index (κ3) is 0.885. The number of nitro groups is 4. The second-order valence-corrected chi connectivity index (χ2v) is 2.50. The molecule has 1 aliphatic rings. The Morgan fingerprint density at radius 1 is 0.667 bits per heavy atom. The average Bonchev–Trinajstić information content (AvgIpc) is 2.74. The summed E-state index contributed by atoms with van der Waals surface area (Å²) in [5.41, 5.74) is 0. The highest BCUT2D eigenvalue weighted by Gasteiger charge is 3.12. The third-order valence-corrected chi connectivity index (χ3v) is 1.83. The molecule has 0 atom stereocenters. The predicted octanol–water partition coefficient (Wildman–Crippen LogP) is -2.00.